The zero-order chi connectivity index (χ0) is 13.9. The molecular formula is C12H13Cl2F4N. The maximum atomic E-state index is 13.6. The summed E-state index contributed by atoms with van der Waals surface area (Å²) in [6.07, 6.45) is -2.23. The third-order valence-corrected chi connectivity index (χ3v) is 2.74. The van der Waals surface area contributed by atoms with Crippen LogP contribution in [0.3, 0.4) is 0 Å². The third-order valence-electron chi connectivity index (χ3n) is 2.46. The maximum Gasteiger partial charge on any atom is 0.416 e. The first-order valence-electron chi connectivity index (χ1n) is 5.20. The van der Waals surface area contributed by atoms with Gasteiger partial charge in [0.25, 0.3) is 0 Å². The second kappa shape index (κ2) is 7.12. The average Bonchev–Trinajstić information content (AvgIpc) is 2.27. The number of halogens is 6. The highest BCUT2D eigenvalue weighted by Crippen LogP contribution is 2.35. The van der Waals surface area contributed by atoms with Crippen LogP contribution in [0, 0.1) is 5.82 Å². The summed E-state index contributed by atoms with van der Waals surface area (Å²) in [7, 11) is 0. The summed E-state index contributed by atoms with van der Waals surface area (Å²) in [5, 5.41) is -0.575. The Kier molecular flexibility index (Phi) is 6.83. The van der Waals surface area contributed by atoms with Crippen LogP contribution < -0.4 is 5.73 Å². The van der Waals surface area contributed by atoms with Crippen LogP contribution >= 0.6 is 24.0 Å². The van der Waals surface area contributed by atoms with Crippen molar-refractivity contribution in [2.75, 3.05) is 0 Å². The van der Waals surface area contributed by atoms with Gasteiger partial charge >= 0.3 is 6.18 Å². The Hall–Kier alpha value is -0.780. The average molecular weight is 318 g/mol. The molecule has 1 atom stereocenters. The van der Waals surface area contributed by atoms with E-state index in [-0.39, 0.29) is 18.0 Å². The third kappa shape index (κ3) is 4.67. The fourth-order valence-electron chi connectivity index (χ4n) is 1.50. The van der Waals surface area contributed by atoms with Crippen molar-refractivity contribution in [1.29, 1.82) is 0 Å². The first-order valence-corrected chi connectivity index (χ1v) is 5.57. The van der Waals surface area contributed by atoms with E-state index in [1.54, 1.807) is 6.08 Å². The second-order valence-corrected chi connectivity index (χ2v) is 4.24. The van der Waals surface area contributed by atoms with E-state index in [0.29, 0.717) is 25.0 Å². The molecule has 0 unspecified atom stereocenters. The maximum absolute atomic E-state index is 13.6. The molecule has 0 aliphatic carbocycles. The van der Waals surface area contributed by atoms with E-state index >= 15 is 0 Å². The molecule has 1 aromatic rings. The zero-order valence-corrected chi connectivity index (χ0v) is 11.4. The highest BCUT2D eigenvalue weighted by Gasteiger charge is 2.32. The molecule has 0 aliphatic heterocycles. The standard InChI is InChI=1S/C12H12ClF4N.ClH/c1-2-3-4-10(18)8-5-7(12(15,16)17)6-9(13)11(8)14;/h2,5-6,10H,1,3-4,18H2;1H/t10-;/m0./s1. The normalized spacial score (nSPS) is 12.7. The van der Waals surface area contributed by atoms with Gasteiger partial charge in [0.05, 0.1) is 10.6 Å². The van der Waals surface area contributed by atoms with Crippen molar-refractivity contribution in [2.45, 2.75) is 25.1 Å². The molecule has 0 spiro atoms. The summed E-state index contributed by atoms with van der Waals surface area (Å²) in [4.78, 5) is 0. The van der Waals surface area contributed by atoms with Gasteiger partial charge in [0.15, 0.2) is 0 Å². The summed E-state index contributed by atoms with van der Waals surface area (Å²) >= 11 is 5.45. The minimum Gasteiger partial charge on any atom is -0.324 e. The lowest BCUT2D eigenvalue weighted by Crippen LogP contribution is -2.15. The van der Waals surface area contributed by atoms with Gasteiger partial charge in [0.1, 0.15) is 5.82 Å². The monoisotopic (exact) mass is 317 g/mol. The van der Waals surface area contributed by atoms with E-state index in [4.69, 9.17) is 17.3 Å². The summed E-state index contributed by atoms with van der Waals surface area (Å²) in [6, 6.07) is 0.415. The van der Waals surface area contributed by atoms with Crippen LogP contribution in [0.1, 0.15) is 30.0 Å². The van der Waals surface area contributed by atoms with Gasteiger partial charge in [-0.2, -0.15) is 13.2 Å². The minimum absolute atomic E-state index is 0. The lowest BCUT2D eigenvalue weighted by molar-refractivity contribution is -0.137. The number of hydrogen-bond donors (Lipinski definition) is 1. The molecule has 108 valence electrons. The fraction of sp³-hybridized carbons (Fsp3) is 0.333. The summed E-state index contributed by atoms with van der Waals surface area (Å²) in [6.45, 7) is 3.47. The number of rotatable bonds is 4. The van der Waals surface area contributed by atoms with Gasteiger partial charge in [0.2, 0.25) is 0 Å². The molecule has 0 amide bonds. The van der Waals surface area contributed by atoms with Crippen LogP contribution in [-0.2, 0) is 6.18 Å². The van der Waals surface area contributed by atoms with Gasteiger partial charge in [-0.05, 0) is 25.0 Å². The van der Waals surface area contributed by atoms with Gasteiger partial charge < -0.3 is 5.73 Å². The minimum atomic E-state index is -4.58. The van der Waals surface area contributed by atoms with E-state index in [1.807, 2.05) is 0 Å². The van der Waals surface area contributed by atoms with E-state index in [0.717, 1.165) is 0 Å². The van der Waals surface area contributed by atoms with Crippen LogP contribution in [0.2, 0.25) is 5.02 Å². The second-order valence-electron chi connectivity index (χ2n) is 3.83. The Bertz CT molecular complexity index is 446. The molecule has 0 aromatic heterocycles. The molecule has 0 aliphatic rings. The van der Waals surface area contributed by atoms with Crippen molar-refractivity contribution in [2.24, 2.45) is 5.73 Å². The topological polar surface area (TPSA) is 26.0 Å². The van der Waals surface area contributed by atoms with Crippen molar-refractivity contribution in [3.8, 4) is 0 Å². The zero-order valence-electron chi connectivity index (χ0n) is 9.81. The fourth-order valence-corrected chi connectivity index (χ4v) is 1.72. The van der Waals surface area contributed by atoms with Crippen LogP contribution in [0.15, 0.2) is 24.8 Å². The van der Waals surface area contributed by atoms with Crippen molar-refractivity contribution in [1.82, 2.24) is 0 Å². The molecule has 7 heteroatoms. The van der Waals surface area contributed by atoms with Crippen molar-refractivity contribution < 1.29 is 17.6 Å². The van der Waals surface area contributed by atoms with E-state index in [2.05, 4.69) is 6.58 Å². The predicted molar refractivity (Wildman–Crippen MR) is 70.0 cm³/mol. The molecule has 2 N–H and O–H groups in total. The Morgan fingerprint density at radius 2 is 1.95 bits per heavy atom. The number of hydrogen-bond acceptors (Lipinski definition) is 1. The molecule has 0 radical (unpaired) electrons. The Labute approximate surface area is 119 Å². The lowest BCUT2D eigenvalue weighted by Gasteiger charge is -2.16. The van der Waals surface area contributed by atoms with Gasteiger partial charge in [0, 0.05) is 11.6 Å². The van der Waals surface area contributed by atoms with Crippen molar-refractivity contribution >= 4 is 24.0 Å². The van der Waals surface area contributed by atoms with Crippen LogP contribution in [0.25, 0.3) is 0 Å². The van der Waals surface area contributed by atoms with Crippen molar-refractivity contribution in [3.05, 3.63) is 46.8 Å². The Morgan fingerprint density at radius 3 is 2.42 bits per heavy atom. The SMILES string of the molecule is C=CCC[C@H](N)c1cc(C(F)(F)F)cc(Cl)c1F.Cl. The van der Waals surface area contributed by atoms with Gasteiger partial charge in [-0.1, -0.05) is 17.7 Å². The van der Waals surface area contributed by atoms with Gasteiger partial charge in [-0.25, -0.2) is 4.39 Å². The number of nitrogens with two attached hydrogens (primary N) is 1. The molecule has 1 nitrogen and oxygen atoms in total. The van der Waals surface area contributed by atoms with Crippen LogP contribution in [0.5, 0.6) is 0 Å². The first kappa shape index (κ1) is 18.2. The van der Waals surface area contributed by atoms with Crippen LogP contribution in [-0.4, -0.2) is 0 Å². The predicted octanol–water partition coefficient (Wildman–Crippen LogP) is 4.89. The van der Waals surface area contributed by atoms with E-state index in [1.165, 1.54) is 0 Å². The van der Waals surface area contributed by atoms with E-state index < -0.39 is 28.6 Å². The molecule has 0 saturated carbocycles. The van der Waals surface area contributed by atoms with Gasteiger partial charge in [-0.15, -0.1) is 19.0 Å². The molecule has 0 heterocycles. The van der Waals surface area contributed by atoms with Crippen molar-refractivity contribution in [3.63, 3.8) is 0 Å². The Morgan fingerprint density at radius 1 is 1.37 bits per heavy atom. The first-order chi connectivity index (χ1) is 8.27. The highest BCUT2D eigenvalue weighted by molar-refractivity contribution is 6.30. The molecule has 1 aromatic carbocycles. The lowest BCUT2D eigenvalue weighted by atomic mass is 9.99. The molecule has 0 saturated heterocycles. The summed E-state index contributed by atoms with van der Waals surface area (Å²) < 4.78 is 51.3. The molecule has 19 heavy (non-hydrogen) atoms. The summed E-state index contributed by atoms with van der Waals surface area (Å²) in [5.74, 6) is -0.902. The van der Waals surface area contributed by atoms with Gasteiger partial charge in [-0.3, -0.25) is 0 Å². The van der Waals surface area contributed by atoms with Crippen LogP contribution in [0.4, 0.5) is 17.6 Å². The molecular weight excluding hydrogens is 305 g/mol. The quantitative estimate of drug-likeness (QED) is 0.621. The largest absolute Gasteiger partial charge is 0.416 e. The smallest absolute Gasteiger partial charge is 0.324 e. The van der Waals surface area contributed by atoms with E-state index in [9.17, 15) is 17.6 Å². The summed E-state index contributed by atoms with van der Waals surface area (Å²) in [5.41, 5.74) is 4.42. The Balaban J connectivity index is 0.00000324. The molecule has 0 fully saturated rings. The molecule has 1 rings (SSSR count). The number of benzene rings is 1. The number of allylic oxidation sites excluding steroid dienone is 1. The molecule has 0 bridgehead atoms. The highest BCUT2D eigenvalue weighted by atomic mass is 35.5. The number of alkyl halides is 3.